The molecule has 1 unspecified atom stereocenters. The van der Waals surface area contributed by atoms with E-state index in [-0.39, 0.29) is 5.75 Å². The molecule has 0 aliphatic carbocycles. The van der Waals surface area contributed by atoms with Gasteiger partial charge in [-0.2, -0.15) is 0 Å². The van der Waals surface area contributed by atoms with Crippen LogP contribution in [-0.2, 0) is 0 Å². The van der Waals surface area contributed by atoms with Gasteiger partial charge in [0.2, 0.25) is 0 Å². The lowest BCUT2D eigenvalue weighted by Crippen LogP contribution is -2.17. The van der Waals surface area contributed by atoms with Crippen molar-refractivity contribution in [2.45, 2.75) is 12.5 Å². The fraction of sp³-hybridized carbons (Fsp3) is 0.200. The maximum Gasteiger partial charge on any atom is 0.573 e. The van der Waals surface area contributed by atoms with Crippen LogP contribution in [0.2, 0.25) is 0 Å². The number of ether oxygens (including phenoxy) is 2. The van der Waals surface area contributed by atoms with Crippen LogP contribution in [0.25, 0.3) is 0 Å². The fourth-order valence-electron chi connectivity index (χ4n) is 1.86. The maximum absolute atomic E-state index is 12.1. The molecule has 0 radical (unpaired) electrons. The Kier molecular flexibility index (Phi) is 4.37. The number of methoxy groups -OCH3 is 1. The van der Waals surface area contributed by atoms with Gasteiger partial charge < -0.3 is 14.6 Å². The predicted molar refractivity (Wildman–Crippen MR) is 70.2 cm³/mol. The van der Waals surface area contributed by atoms with E-state index in [0.717, 1.165) is 12.1 Å². The molecule has 0 bridgehead atoms. The molecule has 0 heterocycles. The first-order valence-electron chi connectivity index (χ1n) is 6.07. The highest BCUT2D eigenvalue weighted by molar-refractivity contribution is 5.37. The van der Waals surface area contributed by atoms with Crippen LogP contribution in [0.5, 0.6) is 11.5 Å². The molecule has 2 aromatic carbocycles. The average molecular weight is 298 g/mol. The second kappa shape index (κ2) is 6.05. The normalized spacial score (nSPS) is 12.8. The number of aliphatic hydroxyl groups is 1. The molecule has 21 heavy (non-hydrogen) atoms. The van der Waals surface area contributed by atoms with E-state index >= 15 is 0 Å². The van der Waals surface area contributed by atoms with Crippen molar-refractivity contribution in [1.29, 1.82) is 0 Å². The number of aliphatic hydroxyl groups excluding tert-OH is 1. The summed E-state index contributed by atoms with van der Waals surface area (Å²) in [6.45, 7) is 0. The van der Waals surface area contributed by atoms with Crippen molar-refractivity contribution in [1.82, 2.24) is 0 Å². The molecule has 2 aromatic rings. The number of alkyl halides is 3. The first kappa shape index (κ1) is 15.2. The van der Waals surface area contributed by atoms with E-state index < -0.39 is 12.5 Å². The molecule has 0 saturated heterocycles. The highest BCUT2D eigenvalue weighted by Crippen LogP contribution is 2.28. The zero-order valence-corrected chi connectivity index (χ0v) is 11.1. The molecule has 6 heteroatoms. The second-order valence-electron chi connectivity index (χ2n) is 4.30. The van der Waals surface area contributed by atoms with E-state index in [1.54, 1.807) is 24.3 Å². The minimum atomic E-state index is -4.73. The summed E-state index contributed by atoms with van der Waals surface area (Å²) in [5.41, 5.74) is 1.04. The van der Waals surface area contributed by atoms with Gasteiger partial charge in [0.15, 0.2) is 0 Å². The van der Waals surface area contributed by atoms with E-state index in [0.29, 0.717) is 16.9 Å². The Morgan fingerprint density at radius 2 is 1.62 bits per heavy atom. The van der Waals surface area contributed by atoms with Crippen LogP contribution in [0.15, 0.2) is 48.5 Å². The minimum absolute atomic E-state index is 0.330. The zero-order valence-electron chi connectivity index (χ0n) is 11.1. The van der Waals surface area contributed by atoms with E-state index in [9.17, 15) is 18.3 Å². The van der Waals surface area contributed by atoms with Crippen molar-refractivity contribution in [2.75, 3.05) is 7.11 Å². The second-order valence-corrected chi connectivity index (χ2v) is 4.30. The van der Waals surface area contributed by atoms with Gasteiger partial charge in [0.05, 0.1) is 7.11 Å². The summed E-state index contributed by atoms with van der Waals surface area (Å²) in [4.78, 5) is 0. The van der Waals surface area contributed by atoms with E-state index in [4.69, 9.17) is 4.74 Å². The van der Waals surface area contributed by atoms with Crippen molar-refractivity contribution in [3.05, 3.63) is 59.7 Å². The molecule has 3 nitrogen and oxygen atoms in total. The van der Waals surface area contributed by atoms with E-state index in [1.807, 2.05) is 0 Å². The molecule has 2 rings (SSSR count). The predicted octanol–water partition coefficient (Wildman–Crippen LogP) is 3.68. The Labute approximate surface area is 119 Å². The maximum atomic E-state index is 12.1. The number of hydrogen-bond acceptors (Lipinski definition) is 3. The monoisotopic (exact) mass is 298 g/mol. The molecule has 0 aliphatic heterocycles. The molecule has 1 atom stereocenters. The molecular formula is C15H13F3O3. The van der Waals surface area contributed by atoms with Crippen molar-refractivity contribution < 1.29 is 27.8 Å². The quantitative estimate of drug-likeness (QED) is 0.936. The summed E-state index contributed by atoms with van der Waals surface area (Å²) in [6.07, 6.45) is -5.69. The third-order valence-electron chi connectivity index (χ3n) is 2.84. The molecule has 0 fully saturated rings. The van der Waals surface area contributed by atoms with E-state index in [2.05, 4.69) is 4.74 Å². The van der Waals surface area contributed by atoms with Gasteiger partial charge in [-0.05, 0) is 35.4 Å². The van der Waals surface area contributed by atoms with E-state index in [1.165, 1.54) is 19.2 Å². The lowest BCUT2D eigenvalue weighted by molar-refractivity contribution is -0.274. The molecule has 0 aliphatic rings. The summed E-state index contributed by atoms with van der Waals surface area (Å²) < 4.78 is 45.0. The Morgan fingerprint density at radius 1 is 0.952 bits per heavy atom. The fourth-order valence-corrected chi connectivity index (χ4v) is 1.86. The standard InChI is InChI=1S/C15H13F3O3/c1-20-13-4-2-3-11(9-13)14(19)10-5-7-12(8-6-10)21-15(16,17)18/h2-9,14,19H,1H3. The van der Waals surface area contributed by atoms with Gasteiger partial charge >= 0.3 is 6.36 Å². The Hall–Kier alpha value is -2.21. The van der Waals surface area contributed by atoms with Gasteiger partial charge in [0, 0.05) is 0 Å². The average Bonchev–Trinajstić information content (AvgIpc) is 2.46. The molecule has 0 amide bonds. The third kappa shape index (κ3) is 4.13. The summed E-state index contributed by atoms with van der Waals surface area (Å²) in [6, 6.07) is 11.9. The lowest BCUT2D eigenvalue weighted by Gasteiger charge is -2.14. The Balaban J connectivity index is 2.17. The van der Waals surface area contributed by atoms with Crippen molar-refractivity contribution in [3.8, 4) is 11.5 Å². The number of hydrogen-bond donors (Lipinski definition) is 1. The summed E-state index contributed by atoms with van der Waals surface area (Å²) in [7, 11) is 1.51. The SMILES string of the molecule is COc1cccc(C(O)c2ccc(OC(F)(F)F)cc2)c1. The van der Waals surface area contributed by atoms with Crippen LogP contribution < -0.4 is 9.47 Å². The molecule has 0 spiro atoms. The van der Waals surface area contributed by atoms with Gasteiger partial charge in [-0.3, -0.25) is 0 Å². The topological polar surface area (TPSA) is 38.7 Å². The lowest BCUT2D eigenvalue weighted by atomic mass is 10.0. The van der Waals surface area contributed by atoms with Crippen molar-refractivity contribution in [2.24, 2.45) is 0 Å². The van der Waals surface area contributed by atoms with Crippen molar-refractivity contribution in [3.63, 3.8) is 0 Å². The van der Waals surface area contributed by atoms with Crippen LogP contribution in [0.3, 0.4) is 0 Å². The van der Waals surface area contributed by atoms with Gasteiger partial charge in [0.1, 0.15) is 17.6 Å². The summed E-state index contributed by atoms with van der Waals surface area (Å²) in [5.74, 6) is 0.257. The van der Waals surface area contributed by atoms with Gasteiger partial charge in [0.25, 0.3) is 0 Å². The molecule has 0 aromatic heterocycles. The first-order chi connectivity index (χ1) is 9.89. The largest absolute Gasteiger partial charge is 0.573 e. The molecular weight excluding hydrogens is 285 g/mol. The molecule has 0 saturated carbocycles. The van der Waals surface area contributed by atoms with Gasteiger partial charge in [-0.1, -0.05) is 24.3 Å². The van der Waals surface area contributed by atoms with Gasteiger partial charge in [-0.25, -0.2) is 0 Å². The smallest absolute Gasteiger partial charge is 0.497 e. The third-order valence-corrected chi connectivity index (χ3v) is 2.84. The first-order valence-corrected chi connectivity index (χ1v) is 6.07. The highest BCUT2D eigenvalue weighted by atomic mass is 19.4. The Morgan fingerprint density at radius 3 is 2.19 bits per heavy atom. The van der Waals surface area contributed by atoms with Crippen LogP contribution in [0.1, 0.15) is 17.2 Å². The van der Waals surface area contributed by atoms with Crippen LogP contribution in [0, 0.1) is 0 Å². The molecule has 112 valence electrons. The molecule has 1 N–H and O–H groups in total. The van der Waals surface area contributed by atoms with Crippen molar-refractivity contribution >= 4 is 0 Å². The summed E-state index contributed by atoms with van der Waals surface area (Å²) >= 11 is 0. The van der Waals surface area contributed by atoms with Crippen LogP contribution >= 0.6 is 0 Å². The highest BCUT2D eigenvalue weighted by Gasteiger charge is 2.31. The van der Waals surface area contributed by atoms with Crippen LogP contribution in [0.4, 0.5) is 13.2 Å². The summed E-state index contributed by atoms with van der Waals surface area (Å²) in [5, 5.41) is 10.2. The number of rotatable bonds is 4. The Bertz CT molecular complexity index is 594. The van der Waals surface area contributed by atoms with Crippen LogP contribution in [-0.4, -0.2) is 18.6 Å². The van der Waals surface area contributed by atoms with Gasteiger partial charge in [-0.15, -0.1) is 13.2 Å². The number of halogens is 3. The number of benzene rings is 2. The minimum Gasteiger partial charge on any atom is -0.497 e. The zero-order chi connectivity index (χ0) is 15.5.